The van der Waals surface area contributed by atoms with Crippen LogP contribution < -0.4 is 19.3 Å². The van der Waals surface area contributed by atoms with Gasteiger partial charge in [-0.25, -0.2) is 0 Å². The zero-order valence-electron chi connectivity index (χ0n) is 14.2. The molecule has 0 heterocycles. The summed E-state index contributed by atoms with van der Waals surface area (Å²) < 4.78 is 15.4. The van der Waals surface area contributed by atoms with Crippen LogP contribution in [0, 0.1) is 0 Å². The van der Waals surface area contributed by atoms with Crippen LogP contribution in [0.25, 0.3) is 6.08 Å². The van der Waals surface area contributed by atoms with E-state index in [4.69, 9.17) is 25.8 Å². The van der Waals surface area contributed by atoms with Gasteiger partial charge in [-0.2, -0.15) is 0 Å². The third kappa shape index (κ3) is 5.00. The van der Waals surface area contributed by atoms with Gasteiger partial charge in [0, 0.05) is 5.56 Å². The number of allylic oxidation sites excluding steroid dienone is 1. The van der Waals surface area contributed by atoms with Crippen LogP contribution >= 0.6 is 11.6 Å². The molecule has 2 aromatic rings. The Kier molecular flexibility index (Phi) is 6.63. The first-order valence-electron chi connectivity index (χ1n) is 7.51. The molecule has 0 aromatic heterocycles. The Labute approximate surface area is 155 Å². The normalized spacial score (nSPS) is 10.6. The fourth-order valence-electron chi connectivity index (χ4n) is 2.18. The lowest BCUT2D eigenvalue weighted by Gasteiger charge is -2.10. The average molecular weight is 376 g/mol. The van der Waals surface area contributed by atoms with Gasteiger partial charge >= 0.3 is 0 Å². The summed E-state index contributed by atoms with van der Waals surface area (Å²) in [6, 6.07) is 9.54. The molecule has 0 N–H and O–H groups in total. The first-order valence-corrected chi connectivity index (χ1v) is 7.89. The molecule has 0 radical (unpaired) electrons. The second kappa shape index (κ2) is 8.92. The molecule has 0 unspecified atom stereocenters. The van der Waals surface area contributed by atoms with Crippen LogP contribution in [-0.4, -0.2) is 32.6 Å². The number of carbonyl (C=O) groups excluding carboxylic acids is 2. The Bertz CT molecular complexity index is 844. The number of hydrogen-bond acceptors (Lipinski definition) is 6. The van der Waals surface area contributed by atoms with E-state index in [1.54, 1.807) is 36.4 Å². The molecule has 136 valence electrons. The third-order valence-electron chi connectivity index (χ3n) is 3.36. The summed E-state index contributed by atoms with van der Waals surface area (Å²) in [5, 5.41) is 10.8. The molecule has 0 amide bonds. The zero-order chi connectivity index (χ0) is 19.1. The van der Waals surface area contributed by atoms with Crippen molar-refractivity contribution in [3.8, 4) is 17.2 Å². The Morgan fingerprint density at radius 3 is 2.58 bits per heavy atom. The van der Waals surface area contributed by atoms with E-state index >= 15 is 0 Å². The van der Waals surface area contributed by atoms with Gasteiger partial charge in [-0.15, -0.1) is 0 Å². The van der Waals surface area contributed by atoms with Crippen molar-refractivity contribution in [3.63, 3.8) is 0 Å². The maximum Gasteiger partial charge on any atom is 0.185 e. The average Bonchev–Trinajstić information content (AvgIpc) is 2.64. The number of rotatable bonds is 8. The molecule has 0 atom stereocenters. The van der Waals surface area contributed by atoms with Gasteiger partial charge in [0.05, 0.1) is 25.2 Å². The maximum atomic E-state index is 12.3. The SMILES string of the molecule is COc1cc(/C=C/C(=O)c2cccc(OCC(=O)[O-])c2)cc(Cl)c1OC. The van der Waals surface area contributed by atoms with Gasteiger partial charge in [0.2, 0.25) is 0 Å². The van der Waals surface area contributed by atoms with Crippen LogP contribution in [0.15, 0.2) is 42.5 Å². The number of methoxy groups -OCH3 is 2. The molecular weight excluding hydrogens is 360 g/mol. The smallest absolute Gasteiger partial charge is 0.185 e. The van der Waals surface area contributed by atoms with Gasteiger partial charge in [0.1, 0.15) is 12.4 Å². The standard InChI is InChI=1S/C19H17ClO6/c1-24-17-9-12(8-15(20)19(17)25-2)6-7-16(21)13-4-3-5-14(10-13)26-11-18(22)23/h3-10H,11H2,1-2H3,(H,22,23)/p-1/b7-6+. The minimum absolute atomic E-state index is 0.266. The van der Waals surface area contributed by atoms with Crippen molar-refractivity contribution in [1.29, 1.82) is 0 Å². The summed E-state index contributed by atoms with van der Waals surface area (Å²) in [4.78, 5) is 22.7. The van der Waals surface area contributed by atoms with Crippen molar-refractivity contribution in [1.82, 2.24) is 0 Å². The molecule has 26 heavy (non-hydrogen) atoms. The molecule has 6 nitrogen and oxygen atoms in total. The van der Waals surface area contributed by atoms with Crippen LogP contribution in [-0.2, 0) is 4.79 Å². The largest absolute Gasteiger partial charge is 0.546 e. The molecule has 0 aliphatic heterocycles. The molecule has 2 aromatic carbocycles. The first-order chi connectivity index (χ1) is 12.4. The van der Waals surface area contributed by atoms with Crippen molar-refractivity contribution in [2.75, 3.05) is 20.8 Å². The van der Waals surface area contributed by atoms with Gasteiger partial charge in [0.25, 0.3) is 0 Å². The zero-order valence-corrected chi connectivity index (χ0v) is 14.9. The third-order valence-corrected chi connectivity index (χ3v) is 3.64. The van der Waals surface area contributed by atoms with Crippen molar-refractivity contribution in [2.24, 2.45) is 0 Å². The molecule has 2 rings (SSSR count). The van der Waals surface area contributed by atoms with E-state index in [1.165, 1.54) is 26.4 Å². The van der Waals surface area contributed by atoms with E-state index in [0.717, 1.165) is 0 Å². The quantitative estimate of drug-likeness (QED) is 0.520. The summed E-state index contributed by atoms with van der Waals surface area (Å²) in [6.45, 7) is -0.586. The van der Waals surface area contributed by atoms with Crippen molar-refractivity contribution in [3.05, 3.63) is 58.6 Å². The number of aliphatic carboxylic acids is 1. The Morgan fingerprint density at radius 2 is 1.92 bits per heavy atom. The number of carbonyl (C=O) groups is 2. The first kappa shape index (κ1) is 19.3. The van der Waals surface area contributed by atoms with E-state index < -0.39 is 12.6 Å². The highest BCUT2D eigenvalue weighted by molar-refractivity contribution is 6.32. The van der Waals surface area contributed by atoms with Gasteiger partial charge in [-0.1, -0.05) is 29.8 Å². The number of hydrogen-bond donors (Lipinski definition) is 0. The summed E-state index contributed by atoms with van der Waals surface area (Å²) in [7, 11) is 2.98. The fraction of sp³-hybridized carbons (Fsp3) is 0.158. The van der Waals surface area contributed by atoms with E-state index in [-0.39, 0.29) is 11.5 Å². The predicted molar refractivity (Wildman–Crippen MR) is 94.9 cm³/mol. The van der Waals surface area contributed by atoms with Gasteiger partial charge in [-0.3, -0.25) is 4.79 Å². The molecule has 0 aliphatic rings. The Morgan fingerprint density at radius 1 is 1.15 bits per heavy atom. The second-order valence-electron chi connectivity index (χ2n) is 5.12. The van der Waals surface area contributed by atoms with Crippen LogP contribution in [0.2, 0.25) is 5.02 Å². The van der Waals surface area contributed by atoms with E-state index in [9.17, 15) is 14.7 Å². The minimum atomic E-state index is -1.34. The number of ketones is 1. The Balaban J connectivity index is 2.18. The lowest BCUT2D eigenvalue weighted by atomic mass is 10.1. The fourth-order valence-corrected chi connectivity index (χ4v) is 2.48. The second-order valence-corrected chi connectivity index (χ2v) is 5.53. The van der Waals surface area contributed by atoms with Crippen LogP contribution in [0.1, 0.15) is 15.9 Å². The van der Waals surface area contributed by atoms with Crippen LogP contribution in [0.3, 0.4) is 0 Å². The summed E-state index contributed by atoms with van der Waals surface area (Å²) >= 11 is 6.13. The van der Waals surface area contributed by atoms with E-state index in [0.29, 0.717) is 27.6 Å². The number of carboxylic acid groups (broad SMARTS) is 1. The molecule has 0 bridgehead atoms. The molecule has 0 saturated carbocycles. The number of benzene rings is 2. The summed E-state index contributed by atoms with van der Waals surface area (Å²) in [6.07, 6.45) is 2.96. The highest BCUT2D eigenvalue weighted by Gasteiger charge is 2.10. The highest BCUT2D eigenvalue weighted by Crippen LogP contribution is 2.36. The molecule has 0 spiro atoms. The number of halogens is 1. The molecule has 7 heteroatoms. The van der Waals surface area contributed by atoms with Crippen molar-refractivity contribution < 1.29 is 28.9 Å². The number of ether oxygens (including phenoxy) is 3. The van der Waals surface area contributed by atoms with Crippen LogP contribution in [0.5, 0.6) is 17.2 Å². The van der Waals surface area contributed by atoms with Gasteiger partial charge in [0.15, 0.2) is 17.3 Å². The van der Waals surface area contributed by atoms with Crippen LogP contribution in [0.4, 0.5) is 0 Å². The Hall–Kier alpha value is -2.99. The maximum absolute atomic E-state index is 12.3. The van der Waals surface area contributed by atoms with E-state index in [1.807, 2.05) is 0 Å². The van der Waals surface area contributed by atoms with Gasteiger partial charge in [-0.05, 0) is 35.9 Å². The highest BCUT2D eigenvalue weighted by atomic mass is 35.5. The summed E-state index contributed by atoms with van der Waals surface area (Å²) in [5.41, 5.74) is 1.01. The van der Waals surface area contributed by atoms with E-state index in [2.05, 4.69) is 0 Å². The summed E-state index contributed by atoms with van der Waals surface area (Å²) in [5.74, 6) is -0.496. The van der Waals surface area contributed by atoms with Crippen molar-refractivity contribution in [2.45, 2.75) is 0 Å². The number of carboxylic acids is 1. The predicted octanol–water partition coefficient (Wildman–Crippen LogP) is 2.38. The minimum Gasteiger partial charge on any atom is -0.546 e. The molecule has 0 aliphatic carbocycles. The molecule has 0 fully saturated rings. The topological polar surface area (TPSA) is 84.9 Å². The lowest BCUT2D eigenvalue weighted by molar-refractivity contribution is -0.307. The monoisotopic (exact) mass is 375 g/mol. The lowest BCUT2D eigenvalue weighted by Crippen LogP contribution is -2.28. The van der Waals surface area contributed by atoms with Crippen molar-refractivity contribution >= 4 is 29.4 Å². The molecular formula is C19H16ClO6-. The van der Waals surface area contributed by atoms with Gasteiger partial charge < -0.3 is 24.1 Å². The molecule has 0 saturated heterocycles.